The number of ketones is 1. The van der Waals surface area contributed by atoms with Crippen LogP contribution in [0.2, 0.25) is 18.1 Å². The molecule has 0 amide bonds. The van der Waals surface area contributed by atoms with Crippen LogP contribution in [0.15, 0.2) is 23.8 Å². The maximum atomic E-state index is 17.2. The van der Waals surface area contributed by atoms with Gasteiger partial charge in [0.25, 0.3) is 0 Å². The van der Waals surface area contributed by atoms with E-state index in [1.807, 2.05) is 32.9 Å². The molecule has 4 aliphatic carbocycles. The third-order valence-electron chi connectivity index (χ3n) is 11.1. The molecule has 3 saturated carbocycles. The van der Waals surface area contributed by atoms with Gasteiger partial charge in [0, 0.05) is 16.7 Å². The molecule has 6 heteroatoms. The van der Waals surface area contributed by atoms with Crippen molar-refractivity contribution in [2.24, 2.45) is 28.6 Å². The number of carbonyl (C=O) groups excluding carboxylic acids is 1. The zero-order chi connectivity index (χ0) is 25.5. The highest BCUT2D eigenvalue weighted by atomic mass is 28.4. The maximum Gasteiger partial charge on any atom is 0.192 e. The molecular weight excluding hydrogens is 447 g/mol. The Morgan fingerprint density at radius 1 is 1.26 bits per heavy atom. The second-order valence-electron chi connectivity index (χ2n) is 13.6. The summed E-state index contributed by atoms with van der Waals surface area (Å²) >= 11 is 0. The molecule has 0 radical (unpaired) electrons. The quantitative estimate of drug-likeness (QED) is 0.388. The summed E-state index contributed by atoms with van der Waals surface area (Å²) < 4.78 is 23.4. The summed E-state index contributed by atoms with van der Waals surface area (Å²) in [5.74, 6) is -1.21. The summed E-state index contributed by atoms with van der Waals surface area (Å²) in [6.45, 7) is 16.2. The van der Waals surface area contributed by atoms with Crippen LogP contribution in [0.25, 0.3) is 0 Å². The molecule has 4 aliphatic rings. The molecule has 3 fully saturated rings. The summed E-state index contributed by atoms with van der Waals surface area (Å²) in [6, 6.07) is 0. The minimum absolute atomic E-state index is 0.0469. The average molecular weight is 493 g/mol. The third-order valence-corrected chi connectivity index (χ3v) is 15.6. The van der Waals surface area contributed by atoms with Crippen molar-refractivity contribution in [1.82, 2.24) is 0 Å². The summed E-state index contributed by atoms with van der Waals surface area (Å²) in [6.07, 6.45) is 7.74. The third kappa shape index (κ3) is 3.20. The van der Waals surface area contributed by atoms with E-state index in [-0.39, 0.29) is 35.7 Å². The SMILES string of the molecule is CC1C[C@H]2[C@@H]3CCC4=CCC=C[C@]4(C)[C@@]3(F)C(O)C[C@]2(C)[C@@]1(O)C(=O)CO[Si](C)(C)C(C)(C)C. The molecule has 2 unspecified atom stereocenters. The number of hydrogen-bond acceptors (Lipinski definition) is 4. The lowest BCUT2D eigenvalue weighted by molar-refractivity contribution is -0.219. The minimum atomic E-state index is -2.18. The maximum absolute atomic E-state index is 17.2. The molecule has 8 atom stereocenters. The summed E-state index contributed by atoms with van der Waals surface area (Å²) in [7, 11) is -2.18. The van der Waals surface area contributed by atoms with Crippen LogP contribution in [0.1, 0.15) is 73.6 Å². The molecule has 4 rings (SSSR count). The number of alkyl halides is 1. The van der Waals surface area contributed by atoms with Gasteiger partial charge in [-0.05, 0) is 69.0 Å². The van der Waals surface area contributed by atoms with E-state index in [0.29, 0.717) is 12.8 Å². The Hall–Kier alpha value is -0.823. The molecule has 0 aromatic carbocycles. The van der Waals surface area contributed by atoms with Crippen molar-refractivity contribution in [3.8, 4) is 0 Å². The van der Waals surface area contributed by atoms with Gasteiger partial charge in [0.15, 0.2) is 19.8 Å². The molecular formula is C28H45FO4Si. The number of carbonyl (C=O) groups is 1. The molecule has 34 heavy (non-hydrogen) atoms. The monoisotopic (exact) mass is 492 g/mol. The highest BCUT2D eigenvalue weighted by molar-refractivity contribution is 6.74. The van der Waals surface area contributed by atoms with E-state index in [1.165, 1.54) is 0 Å². The van der Waals surface area contributed by atoms with Crippen molar-refractivity contribution >= 4 is 14.1 Å². The fourth-order valence-electron chi connectivity index (χ4n) is 7.85. The van der Waals surface area contributed by atoms with Gasteiger partial charge in [-0.2, -0.15) is 0 Å². The minimum Gasteiger partial charge on any atom is -0.409 e. The van der Waals surface area contributed by atoms with E-state index in [0.717, 1.165) is 18.4 Å². The lowest BCUT2D eigenvalue weighted by Crippen LogP contribution is -2.69. The highest BCUT2D eigenvalue weighted by Gasteiger charge is 2.75. The molecule has 0 bridgehead atoms. The Labute approximate surface area is 206 Å². The van der Waals surface area contributed by atoms with E-state index in [9.17, 15) is 15.0 Å². The molecule has 192 valence electrons. The van der Waals surface area contributed by atoms with Gasteiger partial charge in [-0.3, -0.25) is 4.79 Å². The van der Waals surface area contributed by atoms with Crippen LogP contribution in [0.4, 0.5) is 4.39 Å². The van der Waals surface area contributed by atoms with Gasteiger partial charge in [-0.15, -0.1) is 0 Å². The van der Waals surface area contributed by atoms with E-state index >= 15 is 4.39 Å². The number of hydrogen-bond donors (Lipinski definition) is 2. The van der Waals surface area contributed by atoms with E-state index < -0.39 is 42.4 Å². The van der Waals surface area contributed by atoms with Gasteiger partial charge in [-0.1, -0.05) is 58.4 Å². The molecule has 0 heterocycles. The van der Waals surface area contributed by atoms with Crippen LogP contribution >= 0.6 is 0 Å². The zero-order valence-corrected chi connectivity index (χ0v) is 23.4. The lowest BCUT2D eigenvalue weighted by atomic mass is 9.44. The Morgan fingerprint density at radius 3 is 2.53 bits per heavy atom. The predicted octanol–water partition coefficient (Wildman–Crippen LogP) is 5.75. The number of halogens is 1. The van der Waals surface area contributed by atoms with Gasteiger partial charge in [0.05, 0.1) is 12.7 Å². The van der Waals surface area contributed by atoms with Crippen molar-refractivity contribution < 1.29 is 23.8 Å². The van der Waals surface area contributed by atoms with E-state index in [4.69, 9.17) is 4.43 Å². The average Bonchev–Trinajstić information content (AvgIpc) is 2.93. The summed E-state index contributed by atoms with van der Waals surface area (Å²) in [5, 5.41) is 23.5. The first-order chi connectivity index (χ1) is 15.5. The molecule has 0 aromatic heterocycles. The topological polar surface area (TPSA) is 66.8 Å². The van der Waals surface area contributed by atoms with Crippen LogP contribution in [-0.4, -0.2) is 48.3 Å². The Kier molecular flexibility index (Phi) is 6.05. The second kappa shape index (κ2) is 7.84. The number of rotatable bonds is 4. The van der Waals surface area contributed by atoms with Gasteiger partial charge >= 0.3 is 0 Å². The van der Waals surface area contributed by atoms with Crippen molar-refractivity contribution in [2.75, 3.05) is 6.61 Å². The zero-order valence-electron chi connectivity index (χ0n) is 22.4. The molecule has 0 saturated heterocycles. The van der Waals surface area contributed by atoms with Crippen LogP contribution in [0.5, 0.6) is 0 Å². The lowest BCUT2D eigenvalue weighted by Gasteiger charge is -2.62. The number of allylic oxidation sites excluding steroid dienone is 4. The molecule has 0 aliphatic heterocycles. The number of aliphatic hydroxyl groups is 2. The van der Waals surface area contributed by atoms with Crippen molar-refractivity contribution in [3.63, 3.8) is 0 Å². The van der Waals surface area contributed by atoms with Crippen LogP contribution in [0.3, 0.4) is 0 Å². The van der Waals surface area contributed by atoms with Crippen LogP contribution in [-0.2, 0) is 9.22 Å². The van der Waals surface area contributed by atoms with Crippen molar-refractivity contribution in [2.45, 2.75) is 109 Å². The largest absolute Gasteiger partial charge is 0.409 e. The molecule has 0 spiro atoms. The van der Waals surface area contributed by atoms with Gasteiger partial charge in [0.1, 0.15) is 5.60 Å². The smallest absolute Gasteiger partial charge is 0.192 e. The molecule has 2 N–H and O–H groups in total. The number of Topliss-reactive ketones (excluding diaryl/α,β-unsaturated/α-hetero) is 1. The number of aliphatic hydroxyl groups excluding tert-OH is 1. The van der Waals surface area contributed by atoms with Crippen molar-refractivity contribution in [1.29, 1.82) is 0 Å². The Morgan fingerprint density at radius 2 is 1.91 bits per heavy atom. The first-order valence-electron chi connectivity index (χ1n) is 13.1. The summed E-state index contributed by atoms with van der Waals surface area (Å²) in [5.41, 5.74) is -4.09. The number of fused-ring (bicyclic) bond motifs is 5. The van der Waals surface area contributed by atoms with Crippen molar-refractivity contribution in [3.05, 3.63) is 23.8 Å². The normalized spacial score (nSPS) is 46.4. The molecule has 4 nitrogen and oxygen atoms in total. The van der Waals surface area contributed by atoms with Crippen LogP contribution < -0.4 is 0 Å². The standard InChI is InChI=1S/C28H45FO4Si/c1-18-15-21-20-13-12-19-11-9-10-14-25(19,5)27(20,29)22(30)16-26(21,6)28(18,32)23(31)17-33-34(7,8)24(2,3)4/h10-11,14,18,20-22,30,32H,9,12-13,15-17H2,1-8H3/t18?,20-,21-,22?,25-,26-,27-,28-/m0/s1. The molecule has 0 aromatic rings. The Balaban J connectivity index is 1.68. The highest BCUT2D eigenvalue weighted by Crippen LogP contribution is 2.70. The van der Waals surface area contributed by atoms with Gasteiger partial charge < -0.3 is 14.6 Å². The second-order valence-corrected chi connectivity index (χ2v) is 18.4. The first kappa shape index (κ1) is 26.2. The van der Waals surface area contributed by atoms with E-state index in [1.54, 1.807) is 0 Å². The fraction of sp³-hybridized carbons (Fsp3) is 0.821. The van der Waals surface area contributed by atoms with Gasteiger partial charge in [0.2, 0.25) is 0 Å². The predicted molar refractivity (Wildman–Crippen MR) is 136 cm³/mol. The first-order valence-corrected chi connectivity index (χ1v) is 16.0. The Bertz CT molecular complexity index is 922. The van der Waals surface area contributed by atoms with Crippen LogP contribution in [0, 0.1) is 28.6 Å². The fourth-order valence-corrected chi connectivity index (χ4v) is 8.78. The van der Waals surface area contributed by atoms with Gasteiger partial charge in [-0.25, -0.2) is 4.39 Å². The summed E-state index contributed by atoms with van der Waals surface area (Å²) in [4.78, 5) is 13.7. The van der Waals surface area contributed by atoms with E-state index in [2.05, 4.69) is 39.9 Å².